The van der Waals surface area contributed by atoms with Gasteiger partial charge in [0.1, 0.15) is 6.61 Å². The summed E-state index contributed by atoms with van der Waals surface area (Å²) < 4.78 is 45.5. The zero-order valence-electron chi connectivity index (χ0n) is 27.6. The monoisotopic (exact) mass is 678 g/mol. The highest BCUT2D eigenvalue weighted by Gasteiger charge is 2.49. The summed E-state index contributed by atoms with van der Waals surface area (Å²) in [6.07, 6.45) is 2.73. The SMILES string of the molecule is CC(C)(C)[Si](C)(C)OC[C@@H](COC(=O)NS(=O)(=O)NCc1ccccc1)NC(=O)CCCNC(=O)OC[C@@H]1[C@@H]2CCC#CCC[C@@H]21. The van der Waals surface area contributed by atoms with E-state index in [1.165, 1.54) is 0 Å². The zero-order chi connectivity index (χ0) is 33.8. The van der Waals surface area contributed by atoms with Gasteiger partial charge in [0.05, 0.1) is 19.3 Å². The smallest absolute Gasteiger partial charge is 0.421 e. The third-order valence-corrected chi connectivity index (χ3v) is 14.3. The highest BCUT2D eigenvalue weighted by Crippen LogP contribution is 2.52. The van der Waals surface area contributed by atoms with E-state index in [0.29, 0.717) is 30.8 Å². The molecule has 4 N–H and O–H groups in total. The molecule has 0 heterocycles. The van der Waals surface area contributed by atoms with Crippen molar-refractivity contribution in [1.29, 1.82) is 0 Å². The molecule has 0 aromatic heterocycles. The number of carbonyl (C=O) groups excluding carboxylic acids is 3. The van der Waals surface area contributed by atoms with Gasteiger partial charge in [-0.3, -0.25) is 4.79 Å². The molecule has 1 fully saturated rings. The Bertz CT molecular complexity index is 1320. The van der Waals surface area contributed by atoms with Crippen LogP contribution in [0.3, 0.4) is 0 Å². The van der Waals surface area contributed by atoms with Crippen molar-refractivity contribution in [1.82, 2.24) is 20.1 Å². The molecule has 12 nitrogen and oxygen atoms in total. The predicted octanol–water partition coefficient (Wildman–Crippen LogP) is 4.20. The van der Waals surface area contributed by atoms with Gasteiger partial charge in [0.15, 0.2) is 8.32 Å². The Morgan fingerprint density at radius 3 is 2.26 bits per heavy atom. The minimum Gasteiger partial charge on any atom is -0.449 e. The number of ether oxygens (including phenoxy) is 2. The van der Waals surface area contributed by atoms with Crippen LogP contribution in [-0.2, 0) is 35.4 Å². The van der Waals surface area contributed by atoms with Gasteiger partial charge >= 0.3 is 22.4 Å². The second kappa shape index (κ2) is 17.1. The minimum absolute atomic E-state index is 0.00759. The molecule has 0 radical (unpaired) electrons. The number of benzene rings is 1. The lowest BCUT2D eigenvalue weighted by Gasteiger charge is -2.37. The van der Waals surface area contributed by atoms with Crippen molar-refractivity contribution in [3.8, 4) is 11.8 Å². The standard InChI is InChI=1S/C32H50N4O8SSi/c1-32(2,3)46(4,5)44-22-25(21-42-31(39)36-45(40,41)34-20-24-14-9-8-10-15-24)35-29(37)18-13-19-33-30(38)43-23-28-26-16-11-6-7-12-17-27(26)28/h8-10,14-15,25-28,34H,11-13,16-23H2,1-5H3,(H,33,38)(H,35,37)(H,36,39)/t25-,26-,27+,28-/m1/s1. The molecule has 0 spiro atoms. The third-order valence-electron chi connectivity index (χ3n) is 8.86. The van der Waals surface area contributed by atoms with E-state index in [1.807, 2.05) is 10.8 Å². The number of carbonyl (C=O) groups is 3. The average Bonchev–Trinajstić information content (AvgIpc) is 3.62. The number of amides is 3. The van der Waals surface area contributed by atoms with Crippen LogP contribution in [0.2, 0.25) is 18.1 Å². The van der Waals surface area contributed by atoms with Crippen LogP contribution in [0, 0.1) is 29.6 Å². The van der Waals surface area contributed by atoms with Crippen molar-refractivity contribution in [2.24, 2.45) is 17.8 Å². The molecule has 2 aliphatic rings. The van der Waals surface area contributed by atoms with Crippen LogP contribution in [0.5, 0.6) is 0 Å². The second-order valence-corrected chi connectivity index (χ2v) is 19.7. The summed E-state index contributed by atoms with van der Waals surface area (Å²) >= 11 is 0. The van der Waals surface area contributed by atoms with Gasteiger partial charge < -0.3 is 24.5 Å². The van der Waals surface area contributed by atoms with Crippen molar-refractivity contribution in [2.45, 2.75) is 90.0 Å². The summed E-state index contributed by atoms with van der Waals surface area (Å²) in [5, 5.41) is 5.42. The largest absolute Gasteiger partial charge is 0.449 e. The first-order valence-corrected chi connectivity index (χ1v) is 20.3. The molecule has 0 bridgehead atoms. The summed E-state index contributed by atoms with van der Waals surface area (Å²) in [5.74, 6) is 7.62. The fraction of sp³-hybridized carbons (Fsp3) is 0.656. The van der Waals surface area contributed by atoms with Crippen LogP contribution >= 0.6 is 0 Å². The van der Waals surface area contributed by atoms with Crippen LogP contribution in [-0.4, -0.2) is 67.2 Å². The van der Waals surface area contributed by atoms with Crippen LogP contribution in [0.15, 0.2) is 30.3 Å². The van der Waals surface area contributed by atoms with Crippen molar-refractivity contribution >= 4 is 36.6 Å². The van der Waals surface area contributed by atoms with Gasteiger partial charge in [-0.05, 0) is 60.7 Å². The van der Waals surface area contributed by atoms with Gasteiger partial charge in [0, 0.05) is 32.4 Å². The van der Waals surface area contributed by atoms with Gasteiger partial charge in [0.25, 0.3) is 0 Å². The summed E-state index contributed by atoms with van der Waals surface area (Å²) in [7, 11) is -6.38. The summed E-state index contributed by atoms with van der Waals surface area (Å²) in [6, 6.07) is 8.13. The van der Waals surface area contributed by atoms with Gasteiger partial charge in [-0.1, -0.05) is 51.1 Å². The van der Waals surface area contributed by atoms with E-state index in [4.69, 9.17) is 13.9 Å². The van der Waals surface area contributed by atoms with Crippen LogP contribution in [0.4, 0.5) is 9.59 Å². The molecule has 1 saturated carbocycles. The molecule has 256 valence electrons. The first-order valence-electron chi connectivity index (χ1n) is 15.9. The Balaban J connectivity index is 1.40. The number of nitrogens with one attached hydrogen (secondary N) is 4. The summed E-state index contributed by atoms with van der Waals surface area (Å²) in [5.41, 5.74) is 0.719. The van der Waals surface area contributed by atoms with E-state index in [2.05, 4.69) is 61.1 Å². The maximum Gasteiger partial charge on any atom is 0.421 e. The van der Waals surface area contributed by atoms with Gasteiger partial charge in [-0.2, -0.15) is 13.1 Å². The molecule has 0 saturated heterocycles. The van der Waals surface area contributed by atoms with Crippen molar-refractivity contribution < 1.29 is 36.7 Å². The molecule has 14 heteroatoms. The number of rotatable bonds is 16. The molecule has 3 rings (SSSR count). The van der Waals surface area contributed by atoms with Crippen molar-refractivity contribution in [3.63, 3.8) is 0 Å². The maximum atomic E-state index is 12.8. The molecule has 4 atom stereocenters. The van der Waals surface area contributed by atoms with Crippen LogP contribution < -0.4 is 20.1 Å². The predicted molar refractivity (Wildman–Crippen MR) is 177 cm³/mol. The van der Waals surface area contributed by atoms with Gasteiger partial charge in [-0.15, -0.1) is 11.8 Å². The lowest BCUT2D eigenvalue weighted by Crippen LogP contribution is -2.49. The molecule has 0 aliphatic heterocycles. The van der Waals surface area contributed by atoms with Gasteiger partial charge in [0.2, 0.25) is 5.91 Å². The molecule has 46 heavy (non-hydrogen) atoms. The molecular weight excluding hydrogens is 629 g/mol. The topological polar surface area (TPSA) is 161 Å². The molecule has 1 aromatic rings. The second-order valence-electron chi connectivity index (χ2n) is 13.4. The van der Waals surface area contributed by atoms with Crippen LogP contribution in [0.1, 0.15) is 64.9 Å². The molecule has 1 aromatic carbocycles. The lowest BCUT2D eigenvalue weighted by molar-refractivity contribution is -0.122. The Kier molecular flexibility index (Phi) is 13.9. The van der Waals surface area contributed by atoms with E-state index < -0.39 is 36.8 Å². The Morgan fingerprint density at radius 1 is 0.978 bits per heavy atom. The molecular formula is C32H50N4O8SSi. The number of hydrogen-bond donors (Lipinski definition) is 4. The number of alkyl carbamates (subject to hydrolysis) is 1. The fourth-order valence-corrected chi connectivity index (χ4v) is 6.79. The highest BCUT2D eigenvalue weighted by molar-refractivity contribution is 7.88. The summed E-state index contributed by atoms with van der Waals surface area (Å²) in [4.78, 5) is 37.3. The molecule has 3 amide bonds. The average molecular weight is 679 g/mol. The first-order chi connectivity index (χ1) is 21.7. The Hall–Kier alpha value is -3.12. The lowest BCUT2D eigenvalue weighted by atomic mass is 10.1. The van der Waals surface area contributed by atoms with Crippen LogP contribution in [0.25, 0.3) is 0 Å². The normalized spacial score (nSPS) is 20.0. The van der Waals surface area contributed by atoms with Crippen molar-refractivity contribution in [2.75, 3.05) is 26.4 Å². The number of hydrogen-bond acceptors (Lipinski definition) is 8. The van der Waals surface area contributed by atoms with E-state index in [9.17, 15) is 22.8 Å². The zero-order valence-corrected chi connectivity index (χ0v) is 29.5. The maximum absolute atomic E-state index is 12.8. The summed E-state index contributed by atoms with van der Waals surface area (Å²) in [6.45, 7) is 10.8. The minimum atomic E-state index is -4.18. The Labute approximate surface area is 274 Å². The number of fused-ring (bicyclic) bond motifs is 1. The van der Waals surface area contributed by atoms with E-state index in [1.54, 1.807) is 24.3 Å². The third kappa shape index (κ3) is 12.9. The molecule has 2 aliphatic carbocycles. The first kappa shape index (κ1) is 37.3. The van der Waals surface area contributed by atoms with E-state index in [0.717, 1.165) is 31.2 Å². The molecule has 0 unspecified atom stereocenters. The quantitative estimate of drug-likeness (QED) is 0.115. The van der Waals surface area contributed by atoms with E-state index >= 15 is 0 Å². The van der Waals surface area contributed by atoms with E-state index in [-0.39, 0.29) is 43.7 Å². The fourth-order valence-electron chi connectivity index (χ4n) is 5.03. The van der Waals surface area contributed by atoms with Crippen molar-refractivity contribution in [3.05, 3.63) is 35.9 Å². The highest BCUT2D eigenvalue weighted by atomic mass is 32.2. The van der Waals surface area contributed by atoms with Gasteiger partial charge in [-0.25, -0.2) is 14.3 Å². The Morgan fingerprint density at radius 2 is 1.63 bits per heavy atom.